The van der Waals surface area contributed by atoms with Crippen LogP contribution in [0, 0.1) is 0 Å². The average molecular weight is 357 g/mol. The van der Waals surface area contributed by atoms with Crippen LogP contribution in [0.25, 0.3) is 10.9 Å². The number of rotatable bonds is 5. The maximum Gasteiger partial charge on any atom is 0.262 e. The fourth-order valence-corrected chi connectivity index (χ4v) is 3.12. The van der Waals surface area contributed by atoms with Crippen LogP contribution in [-0.2, 0) is 13.2 Å². The first-order chi connectivity index (χ1) is 13.3. The number of aliphatic hydroxyl groups excluding tert-OH is 1. The maximum absolute atomic E-state index is 12.9. The van der Waals surface area contributed by atoms with Gasteiger partial charge in [0.2, 0.25) is 0 Å². The summed E-state index contributed by atoms with van der Waals surface area (Å²) in [6.07, 6.45) is 1.70. The van der Waals surface area contributed by atoms with Crippen LogP contribution in [0.4, 0.5) is 0 Å². The molecule has 0 unspecified atom stereocenters. The topological polar surface area (TPSA) is 51.5 Å². The van der Waals surface area contributed by atoms with E-state index in [1.807, 2.05) is 54.6 Å². The largest absolute Gasteiger partial charge is 0.489 e. The normalized spacial score (nSPS) is 10.9. The summed E-state index contributed by atoms with van der Waals surface area (Å²) in [5, 5.41) is 10.4. The Kier molecular flexibility index (Phi) is 4.73. The number of aliphatic hydroxyl groups is 1. The van der Waals surface area contributed by atoms with Gasteiger partial charge >= 0.3 is 0 Å². The van der Waals surface area contributed by atoms with Crippen molar-refractivity contribution in [3.05, 3.63) is 102 Å². The van der Waals surface area contributed by atoms with E-state index in [-0.39, 0.29) is 12.5 Å². The van der Waals surface area contributed by atoms with Crippen molar-refractivity contribution in [2.45, 2.75) is 13.2 Å². The molecule has 4 nitrogen and oxygen atoms in total. The third-order valence-electron chi connectivity index (χ3n) is 4.53. The Morgan fingerprint density at radius 3 is 2.33 bits per heavy atom. The van der Waals surface area contributed by atoms with Gasteiger partial charge in [0, 0.05) is 22.7 Å². The molecule has 4 aromatic rings. The zero-order chi connectivity index (χ0) is 18.6. The standard InChI is InChI=1S/C23H19NO3/c25-15-19-14-24(22-9-5-4-8-21(19)22)23(26)18-10-12-20(13-11-18)27-16-17-6-2-1-3-7-17/h1-14,25H,15-16H2. The molecule has 0 fully saturated rings. The van der Waals surface area contributed by atoms with Crippen LogP contribution in [0.5, 0.6) is 5.75 Å². The Morgan fingerprint density at radius 1 is 0.889 bits per heavy atom. The lowest BCUT2D eigenvalue weighted by atomic mass is 10.2. The molecule has 27 heavy (non-hydrogen) atoms. The molecule has 0 saturated carbocycles. The summed E-state index contributed by atoms with van der Waals surface area (Å²) < 4.78 is 7.36. The number of benzene rings is 3. The Labute approximate surface area is 157 Å². The van der Waals surface area contributed by atoms with Gasteiger partial charge in [-0.2, -0.15) is 0 Å². The molecule has 0 spiro atoms. The van der Waals surface area contributed by atoms with Gasteiger partial charge in [-0.1, -0.05) is 48.5 Å². The van der Waals surface area contributed by atoms with Gasteiger partial charge in [0.25, 0.3) is 5.91 Å². The third-order valence-corrected chi connectivity index (χ3v) is 4.53. The second kappa shape index (κ2) is 7.48. The molecule has 1 heterocycles. The first-order valence-electron chi connectivity index (χ1n) is 8.77. The van der Waals surface area contributed by atoms with Crippen LogP contribution < -0.4 is 4.74 Å². The van der Waals surface area contributed by atoms with Gasteiger partial charge in [0.1, 0.15) is 12.4 Å². The predicted octanol–water partition coefficient (Wildman–Crippen LogP) is 4.40. The van der Waals surface area contributed by atoms with Crippen molar-refractivity contribution in [1.82, 2.24) is 4.57 Å². The summed E-state index contributed by atoms with van der Waals surface area (Å²) in [5.74, 6) is 0.573. The summed E-state index contributed by atoms with van der Waals surface area (Å²) in [5.41, 5.74) is 3.18. The quantitative estimate of drug-likeness (QED) is 0.576. The van der Waals surface area contributed by atoms with Crippen molar-refractivity contribution in [3.8, 4) is 5.75 Å². The van der Waals surface area contributed by atoms with E-state index in [1.165, 1.54) is 0 Å². The summed E-state index contributed by atoms with van der Waals surface area (Å²) >= 11 is 0. The van der Waals surface area contributed by atoms with Gasteiger partial charge in [-0.3, -0.25) is 9.36 Å². The van der Waals surface area contributed by atoms with E-state index in [0.717, 1.165) is 22.0 Å². The van der Waals surface area contributed by atoms with Gasteiger partial charge < -0.3 is 9.84 Å². The van der Waals surface area contributed by atoms with E-state index in [0.29, 0.717) is 17.9 Å². The van der Waals surface area contributed by atoms with Crippen LogP contribution in [-0.4, -0.2) is 15.6 Å². The molecule has 0 atom stereocenters. The molecule has 134 valence electrons. The van der Waals surface area contributed by atoms with E-state index in [4.69, 9.17) is 4.74 Å². The molecule has 0 aliphatic carbocycles. The molecule has 4 rings (SSSR count). The summed E-state index contributed by atoms with van der Waals surface area (Å²) in [4.78, 5) is 12.9. The zero-order valence-electron chi connectivity index (χ0n) is 14.7. The SMILES string of the molecule is O=C(c1ccc(OCc2ccccc2)cc1)n1cc(CO)c2ccccc21. The minimum Gasteiger partial charge on any atom is -0.489 e. The van der Waals surface area contributed by atoms with Crippen molar-refractivity contribution in [2.24, 2.45) is 0 Å². The molecule has 0 amide bonds. The molecule has 0 radical (unpaired) electrons. The summed E-state index contributed by atoms with van der Waals surface area (Å²) in [6.45, 7) is 0.378. The van der Waals surface area contributed by atoms with Crippen LogP contribution in [0.2, 0.25) is 0 Å². The van der Waals surface area contributed by atoms with Crippen molar-refractivity contribution in [1.29, 1.82) is 0 Å². The lowest BCUT2D eigenvalue weighted by Crippen LogP contribution is -2.10. The first-order valence-corrected chi connectivity index (χ1v) is 8.77. The van der Waals surface area contributed by atoms with Gasteiger partial charge in [-0.25, -0.2) is 0 Å². The van der Waals surface area contributed by atoms with E-state index < -0.39 is 0 Å². The zero-order valence-corrected chi connectivity index (χ0v) is 14.7. The Bertz CT molecular complexity index is 1070. The average Bonchev–Trinajstić information content (AvgIpc) is 3.12. The molecule has 0 bridgehead atoms. The van der Waals surface area contributed by atoms with Crippen molar-refractivity contribution in [3.63, 3.8) is 0 Å². The Morgan fingerprint density at radius 2 is 1.59 bits per heavy atom. The van der Waals surface area contributed by atoms with Gasteiger partial charge in [0.05, 0.1) is 12.1 Å². The van der Waals surface area contributed by atoms with Crippen molar-refractivity contribution in [2.75, 3.05) is 0 Å². The molecule has 1 N–H and O–H groups in total. The van der Waals surface area contributed by atoms with Crippen LogP contribution in [0.3, 0.4) is 0 Å². The van der Waals surface area contributed by atoms with Crippen LogP contribution in [0.1, 0.15) is 21.5 Å². The second-order valence-electron chi connectivity index (χ2n) is 6.30. The van der Waals surface area contributed by atoms with E-state index in [1.54, 1.807) is 35.0 Å². The number of aromatic nitrogens is 1. The van der Waals surface area contributed by atoms with Crippen LogP contribution >= 0.6 is 0 Å². The fraction of sp³-hybridized carbons (Fsp3) is 0.0870. The first kappa shape index (κ1) is 17.1. The molecule has 0 saturated heterocycles. The molecule has 1 aromatic heterocycles. The minimum absolute atomic E-state index is 0.104. The maximum atomic E-state index is 12.9. The number of carbonyl (C=O) groups excluding carboxylic acids is 1. The van der Waals surface area contributed by atoms with Crippen molar-refractivity contribution < 1.29 is 14.6 Å². The number of ether oxygens (including phenoxy) is 1. The summed E-state index contributed by atoms with van der Waals surface area (Å²) in [7, 11) is 0. The highest BCUT2D eigenvalue weighted by atomic mass is 16.5. The van der Waals surface area contributed by atoms with E-state index in [2.05, 4.69) is 0 Å². The highest BCUT2D eigenvalue weighted by Gasteiger charge is 2.14. The third kappa shape index (κ3) is 3.48. The number of hydrogen-bond donors (Lipinski definition) is 1. The van der Waals surface area contributed by atoms with E-state index >= 15 is 0 Å². The number of hydrogen-bond acceptors (Lipinski definition) is 3. The lowest BCUT2D eigenvalue weighted by Gasteiger charge is -2.08. The number of carbonyl (C=O) groups is 1. The second-order valence-corrected chi connectivity index (χ2v) is 6.30. The number of nitrogens with zero attached hydrogens (tertiary/aromatic N) is 1. The molecule has 0 aliphatic heterocycles. The Balaban J connectivity index is 1.55. The fourth-order valence-electron chi connectivity index (χ4n) is 3.12. The van der Waals surface area contributed by atoms with E-state index in [9.17, 15) is 9.90 Å². The monoisotopic (exact) mass is 357 g/mol. The minimum atomic E-state index is -0.138. The van der Waals surface area contributed by atoms with Gasteiger partial charge in [0.15, 0.2) is 0 Å². The van der Waals surface area contributed by atoms with Crippen molar-refractivity contribution >= 4 is 16.8 Å². The number of para-hydroxylation sites is 1. The van der Waals surface area contributed by atoms with Gasteiger partial charge in [-0.15, -0.1) is 0 Å². The lowest BCUT2D eigenvalue weighted by molar-refractivity contribution is 0.0964. The van der Waals surface area contributed by atoms with Gasteiger partial charge in [-0.05, 0) is 35.9 Å². The smallest absolute Gasteiger partial charge is 0.262 e. The highest BCUT2D eigenvalue weighted by molar-refractivity contribution is 6.03. The summed E-state index contributed by atoms with van der Waals surface area (Å²) in [6, 6.07) is 24.6. The Hall–Kier alpha value is -3.37. The molecule has 4 heteroatoms. The molecular formula is C23H19NO3. The molecular weight excluding hydrogens is 338 g/mol. The van der Waals surface area contributed by atoms with Crippen LogP contribution in [0.15, 0.2) is 85.1 Å². The molecule has 0 aliphatic rings. The predicted molar refractivity (Wildman–Crippen MR) is 105 cm³/mol. The molecule has 3 aromatic carbocycles. The highest BCUT2D eigenvalue weighted by Crippen LogP contribution is 2.23. The number of fused-ring (bicyclic) bond motifs is 1.